The summed E-state index contributed by atoms with van der Waals surface area (Å²) in [5.41, 5.74) is 6.51. The number of amides is 4. The van der Waals surface area contributed by atoms with Crippen LogP contribution in [0.5, 0.6) is 5.75 Å². The van der Waals surface area contributed by atoms with Gasteiger partial charge in [0, 0.05) is 49.8 Å². The number of aromatic amines is 2. The highest BCUT2D eigenvalue weighted by atomic mass is 16.5. The highest BCUT2D eigenvalue weighted by molar-refractivity contribution is 6.07. The van der Waals surface area contributed by atoms with Crippen molar-refractivity contribution in [1.29, 1.82) is 0 Å². The molecule has 6 atom stereocenters. The molecule has 17 heteroatoms. The molecule has 0 aliphatic carbocycles. The molecule has 0 unspecified atom stereocenters. The average Bonchev–Trinajstić information content (AvgIpc) is 4.15. The zero-order valence-corrected chi connectivity index (χ0v) is 37.8. The number of carbonyl (C=O) groups is 4. The topological polar surface area (TPSA) is 202 Å². The number of nitrogens with zero attached hydrogens (tertiary/aromatic N) is 4. The van der Waals surface area contributed by atoms with E-state index in [1.165, 1.54) is 14.2 Å². The van der Waals surface area contributed by atoms with E-state index < -0.39 is 24.3 Å². The zero-order valence-electron chi connectivity index (χ0n) is 37.8. The number of ether oxygens (including phenoxy) is 5. The molecule has 17 nitrogen and oxygen atoms in total. The van der Waals surface area contributed by atoms with Crippen LogP contribution in [0.1, 0.15) is 82.2 Å². The van der Waals surface area contributed by atoms with Crippen molar-refractivity contribution < 1.29 is 42.9 Å². The Morgan fingerprint density at radius 3 is 2.42 bits per heavy atom. The van der Waals surface area contributed by atoms with Crippen molar-refractivity contribution in [3.05, 3.63) is 65.9 Å². The molecular formula is C48H58N8O9. The molecule has 4 amide bonds. The van der Waals surface area contributed by atoms with Crippen molar-refractivity contribution in [3.63, 3.8) is 0 Å². The summed E-state index contributed by atoms with van der Waals surface area (Å²) >= 11 is 0. The van der Waals surface area contributed by atoms with Crippen molar-refractivity contribution in [2.45, 2.75) is 89.7 Å². The molecule has 0 bridgehead atoms. The van der Waals surface area contributed by atoms with Crippen LogP contribution in [0.25, 0.3) is 44.2 Å². The maximum Gasteiger partial charge on any atom is 0.407 e. The number of benzene rings is 3. The number of carbonyl (C=O) groups excluding carboxylic acids is 4. The Balaban J connectivity index is 0.967. The van der Waals surface area contributed by atoms with Crippen LogP contribution in [-0.4, -0.2) is 120 Å². The molecule has 0 radical (unpaired) electrons. The first-order valence-electron chi connectivity index (χ1n) is 22.6. The van der Waals surface area contributed by atoms with Crippen molar-refractivity contribution in [3.8, 4) is 28.1 Å². The molecule has 6 heterocycles. The lowest BCUT2D eigenvalue weighted by molar-refractivity contribution is -0.138. The number of aromatic nitrogens is 4. The van der Waals surface area contributed by atoms with E-state index in [0.29, 0.717) is 63.9 Å². The summed E-state index contributed by atoms with van der Waals surface area (Å²) in [6.07, 6.45) is 4.07. The minimum absolute atomic E-state index is 0.0322. The van der Waals surface area contributed by atoms with Crippen LogP contribution in [0.15, 0.2) is 48.7 Å². The van der Waals surface area contributed by atoms with Gasteiger partial charge in [-0.15, -0.1) is 0 Å². The summed E-state index contributed by atoms with van der Waals surface area (Å²) in [5.74, 6) is 1.70. The van der Waals surface area contributed by atoms with Gasteiger partial charge in [-0.05, 0) is 97.2 Å². The van der Waals surface area contributed by atoms with Gasteiger partial charge in [-0.25, -0.2) is 19.6 Å². The second-order valence-corrected chi connectivity index (χ2v) is 18.2. The fourth-order valence-electron chi connectivity index (χ4n) is 10.4. The van der Waals surface area contributed by atoms with Crippen LogP contribution < -0.4 is 15.4 Å². The standard InChI is InChI=1S/C48H58N8O9/c1-25(2)40(53-47(59)62-5)46(58)56-26(3)7-12-37(56)44-50-35-11-9-29-19-34-32-10-8-30(18-31(32)24-65-39(34)20-33(29)42(35)52-44)36-21-49-43(51-36)38-17-27(23-61-4)22-55(38)45(57)41(54-48(60)63-6)28-13-15-64-16-14-28/h8-11,18-21,25-28,37-38,40-41H,7,12-17,22-24H2,1-6H3,(H,49,51)(H,50,52)(H,53,59)(H,54,60)/t26-,27-,37-,38-,40-,41-/m0/s1. The van der Waals surface area contributed by atoms with E-state index in [-0.39, 0.29) is 47.7 Å². The van der Waals surface area contributed by atoms with Crippen LogP contribution in [0.2, 0.25) is 0 Å². The molecular weight excluding hydrogens is 833 g/mol. The molecule has 4 aliphatic heterocycles. The molecule has 0 saturated carbocycles. The van der Waals surface area contributed by atoms with Gasteiger partial charge in [-0.1, -0.05) is 32.0 Å². The third-order valence-electron chi connectivity index (χ3n) is 13.8. The molecule has 344 valence electrons. The summed E-state index contributed by atoms with van der Waals surface area (Å²) in [6.45, 7) is 8.25. The van der Waals surface area contributed by atoms with Gasteiger partial charge in [0.2, 0.25) is 11.8 Å². The monoisotopic (exact) mass is 890 g/mol. The molecule has 2 aromatic heterocycles. The maximum atomic E-state index is 14.4. The van der Waals surface area contributed by atoms with Crippen LogP contribution in [0.4, 0.5) is 9.59 Å². The summed E-state index contributed by atoms with van der Waals surface area (Å²) in [7, 11) is 4.26. The first-order valence-corrected chi connectivity index (χ1v) is 22.6. The summed E-state index contributed by atoms with van der Waals surface area (Å²) in [4.78, 5) is 73.7. The molecule has 0 spiro atoms. The highest BCUT2D eigenvalue weighted by Crippen LogP contribution is 2.44. The minimum Gasteiger partial charge on any atom is -0.488 e. The number of nitrogens with one attached hydrogen (secondary N) is 4. The van der Waals surface area contributed by atoms with Crippen LogP contribution in [0.3, 0.4) is 0 Å². The Bertz CT molecular complexity index is 2600. The Morgan fingerprint density at radius 1 is 0.877 bits per heavy atom. The van der Waals surface area contributed by atoms with Crippen LogP contribution in [0, 0.1) is 17.8 Å². The predicted octanol–water partition coefficient (Wildman–Crippen LogP) is 6.79. The predicted molar refractivity (Wildman–Crippen MR) is 241 cm³/mol. The lowest BCUT2D eigenvalue weighted by Gasteiger charge is -2.34. The number of hydrogen-bond acceptors (Lipinski definition) is 11. The van der Waals surface area contributed by atoms with Crippen molar-refractivity contribution in [2.24, 2.45) is 17.8 Å². The molecule has 3 aromatic carbocycles. The van der Waals surface area contributed by atoms with Gasteiger partial charge in [0.1, 0.15) is 36.1 Å². The fourth-order valence-corrected chi connectivity index (χ4v) is 10.4. The number of rotatable bonds is 11. The first kappa shape index (κ1) is 44.0. The summed E-state index contributed by atoms with van der Waals surface area (Å²) < 4.78 is 27.3. The molecule has 4 N–H and O–H groups in total. The highest BCUT2D eigenvalue weighted by Gasteiger charge is 2.44. The van der Waals surface area contributed by atoms with Crippen molar-refractivity contribution in [2.75, 3.05) is 47.7 Å². The lowest BCUT2D eigenvalue weighted by Crippen LogP contribution is -2.53. The second kappa shape index (κ2) is 18.4. The van der Waals surface area contributed by atoms with Crippen molar-refractivity contribution in [1.82, 2.24) is 40.4 Å². The van der Waals surface area contributed by atoms with E-state index in [1.54, 1.807) is 7.11 Å². The second-order valence-electron chi connectivity index (χ2n) is 18.2. The van der Waals surface area contributed by atoms with E-state index in [4.69, 9.17) is 33.7 Å². The van der Waals surface area contributed by atoms with Gasteiger partial charge in [0.05, 0.1) is 55.8 Å². The normalized spacial score (nSPS) is 21.8. The molecule has 3 saturated heterocycles. The van der Waals surface area contributed by atoms with E-state index >= 15 is 0 Å². The van der Waals surface area contributed by atoms with Gasteiger partial charge in [0.25, 0.3) is 0 Å². The largest absolute Gasteiger partial charge is 0.488 e. The number of likely N-dealkylation sites (tertiary alicyclic amines) is 2. The van der Waals surface area contributed by atoms with Gasteiger partial charge >= 0.3 is 12.2 Å². The quantitative estimate of drug-likeness (QED) is 0.109. The Labute approximate surface area is 377 Å². The van der Waals surface area contributed by atoms with Gasteiger partial charge < -0.3 is 54.1 Å². The number of fused-ring (bicyclic) bond motifs is 6. The third-order valence-corrected chi connectivity index (χ3v) is 13.8. The summed E-state index contributed by atoms with van der Waals surface area (Å²) in [6, 6.07) is 12.5. The van der Waals surface area contributed by atoms with E-state index in [9.17, 15) is 19.2 Å². The van der Waals surface area contributed by atoms with Crippen LogP contribution in [-0.2, 0) is 35.1 Å². The smallest absolute Gasteiger partial charge is 0.407 e. The Hall–Kier alpha value is -6.20. The number of methoxy groups -OCH3 is 3. The molecule has 4 aliphatic rings. The number of imidazole rings is 2. The average molecular weight is 891 g/mol. The van der Waals surface area contributed by atoms with E-state index in [1.807, 2.05) is 42.8 Å². The van der Waals surface area contributed by atoms with Crippen LogP contribution >= 0.6 is 0 Å². The fraction of sp³-hybridized carbons (Fsp3) is 0.500. The molecule has 5 aromatic rings. The Kier molecular flexibility index (Phi) is 12.4. The molecule has 9 rings (SSSR count). The van der Waals surface area contributed by atoms with Gasteiger partial charge in [-0.3, -0.25) is 9.59 Å². The maximum absolute atomic E-state index is 14.4. The minimum atomic E-state index is -0.751. The number of H-pyrrole nitrogens is 2. The Morgan fingerprint density at radius 2 is 1.66 bits per heavy atom. The molecule has 3 fully saturated rings. The van der Waals surface area contributed by atoms with Crippen molar-refractivity contribution >= 4 is 45.8 Å². The van der Waals surface area contributed by atoms with E-state index in [0.717, 1.165) is 68.3 Å². The molecule has 65 heavy (non-hydrogen) atoms. The van der Waals surface area contributed by atoms with Gasteiger partial charge in [0.15, 0.2) is 0 Å². The number of alkyl carbamates (subject to hydrolysis) is 2. The zero-order chi connectivity index (χ0) is 45.5. The third kappa shape index (κ3) is 8.47. The SMILES string of the molecule is COC[C@H]1C[C@@H](c2ncc(-c3ccc4c(c3)COc3cc5c(ccc6nc([C@@H]7CC[C@H](C)N7C(=O)[C@@H](NC(=O)OC)C(C)C)[nH]c65)cc3-4)[nH]2)N(C(=O)[C@@H](NC(=O)OC)C2CCOCC2)C1. The summed E-state index contributed by atoms with van der Waals surface area (Å²) in [5, 5.41) is 7.56. The lowest BCUT2D eigenvalue weighted by atomic mass is 9.90. The van der Waals surface area contributed by atoms with E-state index in [2.05, 4.69) is 57.0 Å². The number of hydrogen-bond donors (Lipinski definition) is 4. The van der Waals surface area contributed by atoms with Gasteiger partial charge in [-0.2, -0.15) is 0 Å². The first-order chi connectivity index (χ1) is 31.5.